The number of esters is 1. The first-order valence-corrected chi connectivity index (χ1v) is 8.78. The predicted molar refractivity (Wildman–Crippen MR) is 95.4 cm³/mol. The molecule has 1 aromatic carbocycles. The molecule has 1 aliphatic carbocycles. The molecule has 1 aliphatic rings. The molecule has 2 amide bonds. The zero-order valence-corrected chi connectivity index (χ0v) is 14.9. The van der Waals surface area contributed by atoms with Crippen LogP contribution >= 0.6 is 0 Å². The van der Waals surface area contributed by atoms with Crippen LogP contribution in [0.25, 0.3) is 0 Å². The summed E-state index contributed by atoms with van der Waals surface area (Å²) in [4.78, 5) is 35.3. The van der Waals surface area contributed by atoms with Gasteiger partial charge in [-0.25, -0.2) is 0 Å². The van der Waals surface area contributed by atoms with E-state index in [4.69, 9.17) is 0 Å². The molecule has 0 heterocycles. The van der Waals surface area contributed by atoms with Crippen molar-refractivity contribution < 1.29 is 19.1 Å². The SMILES string of the molecule is COC(=O)CCC(=O)Nc1ccc(C(=O)NC2CCCCC2)cc1C. The lowest BCUT2D eigenvalue weighted by Gasteiger charge is -2.23. The summed E-state index contributed by atoms with van der Waals surface area (Å²) in [6.45, 7) is 1.84. The third-order valence-electron chi connectivity index (χ3n) is 4.49. The average Bonchev–Trinajstić information content (AvgIpc) is 2.62. The monoisotopic (exact) mass is 346 g/mol. The van der Waals surface area contributed by atoms with E-state index in [9.17, 15) is 14.4 Å². The highest BCUT2D eigenvalue weighted by Crippen LogP contribution is 2.20. The maximum atomic E-state index is 12.4. The Labute approximate surface area is 148 Å². The van der Waals surface area contributed by atoms with Gasteiger partial charge in [-0.3, -0.25) is 14.4 Å². The summed E-state index contributed by atoms with van der Waals surface area (Å²) in [6.07, 6.45) is 5.77. The van der Waals surface area contributed by atoms with Gasteiger partial charge in [0.15, 0.2) is 0 Å². The van der Waals surface area contributed by atoms with Gasteiger partial charge in [-0.15, -0.1) is 0 Å². The summed E-state index contributed by atoms with van der Waals surface area (Å²) in [5.74, 6) is -0.743. The van der Waals surface area contributed by atoms with Crippen LogP contribution in [-0.2, 0) is 14.3 Å². The molecule has 0 aromatic heterocycles. The van der Waals surface area contributed by atoms with E-state index in [0.717, 1.165) is 18.4 Å². The fourth-order valence-electron chi connectivity index (χ4n) is 2.99. The Kier molecular flexibility index (Phi) is 6.98. The number of ether oxygens (including phenoxy) is 1. The van der Waals surface area contributed by atoms with E-state index in [1.165, 1.54) is 26.4 Å². The van der Waals surface area contributed by atoms with E-state index in [2.05, 4.69) is 15.4 Å². The van der Waals surface area contributed by atoms with Crippen LogP contribution in [0.4, 0.5) is 5.69 Å². The minimum atomic E-state index is -0.415. The lowest BCUT2D eigenvalue weighted by molar-refractivity contribution is -0.141. The molecule has 2 rings (SSSR count). The summed E-state index contributed by atoms with van der Waals surface area (Å²) in [6, 6.07) is 5.47. The summed E-state index contributed by atoms with van der Waals surface area (Å²) in [5, 5.41) is 5.84. The number of hydrogen-bond donors (Lipinski definition) is 2. The lowest BCUT2D eigenvalue weighted by Crippen LogP contribution is -2.36. The van der Waals surface area contributed by atoms with E-state index in [1.54, 1.807) is 18.2 Å². The molecular weight excluding hydrogens is 320 g/mol. The summed E-state index contributed by atoms with van der Waals surface area (Å²) < 4.78 is 4.52. The molecule has 6 nitrogen and oxygen atoms in total. The van der Waals surface area contributed by atoms with Crippen molar-refractivity contribution in [3.63, 3.8) is 0 Å². The van der Waals surface area contributed by atoms with Gasteiger partial charge in [-0.2, -0.15) is 0 Å². The van der Waals surface area contributed by atoms with E-state index in [-0.39, 0.29) is 30.7 Å². The molecule has 0 atom stereocenters. The summed E-state index contributed by atoms with van der Waals surface area (Å²) >= 11 is 0. The number of aryl methyl sites for hydroxylation is 1. The van der Waals surface area contributed by atoms with E-state index in [1.807, 2.05) is 6.92 Å². The van der Waals surface area contributed by atoms with Crippen LogP contribution in [0.3, 0.4) is 0 Å². The number of hydrogen-bond acceptors (Lipinski definition) is 4. The first-order chi connectivity index (χ1) is 12.0. The largest absolute Gasteiger partial charge is 0.469 e. The summed E-state index contributed by atoms with van der Waals surface area (Å²) in [5.41, 5.74) is 2.04. The molecular formula is C19H26N2O4. The van der Waals surface area contributed by atoms with Crippen LogP contribution in [0.1, 0.15) is 60.9 Å². The second kappa shape index (κ2) is 9.20. The number of carbonyl (C=O) groups excluding carboxylic acids is 3. The van der Waals surface area contributed by atoms with Crippen molar-refractivity contribution in [1.82, 2.24) is 5.32 Å². The van der Waals surface area contributed by atoms with Crippen LogP contribution < -0.4 is 10.6 Å². The second-order valence-corrected chi connectivity index (χ2v) is 6.46. The quantitative estimate of drug-likeness (QED) is 0.776. The number of benzene rings is 1. The minimum absolute atomic E-state index is 0.0449. The molecule has 6 heteroatoms. The third-order valence-corrected chi connectivity index (χ3v) is 4.49. The first-order valence-electron chi connectivity index (χ1n) is 8.78. The molecule has 1 fully saturated rings. The number of rotatable bonds is 6. The Bertz CT molecular complexity index is 636. The van der Waals surface area contributed by atoms with Crippen molar-refractivity contribution in [2.75, 3.05) is 12.4 Å². The predicted octanol–water partition coefficient (Wildman–Crippen LogP) is 2.95. The lowest BCUT2D eigenvalue weighted by atomic mass is 9.95. The van der Waals surface area contributed by atoms with Crippen LogP contribution in [0, 0.1) is 6.92 Å². The molecule has 1 aromatic rings. The van der Waals surface area contributed by atoms with Crippen LogP contribution in [0.2, 0.25) is 0 Å². The van der Waals surface area contributed by atoms with Gasteiger partial charge in [0.05, 0.1) is 13.5 Å². The van der Waals surface area contributed by atoms with Gasteiger partial charge in [0.1, 0.15) is 0 Å². The minimum Gasteiger partial charge on any atom is -0.469 e. The van der Waals surface area contributed by atoms with Crippen molar-refractivity contribution in [3.05, 3.63) is 29.3 Å². The number of methoxy groups -OCH3 is 1. The highest BCUT2D eigenvalue weighted by molar-refractivity contribution is 5.97. The number of nitrogens with one attached hydrogen (secondary N) is 2. The van der Waals surface area contributed by atoms with Crippen molar-refractivity contribution in [3.8, 4) is 0 Å². The fourth-order valence-corrected chi connectivity index (χ4v) is 2.99. The molecule has 0 aliphatic heterocycles. The van der Waals surface area contributed by atoms with Gasteiger partial charge >= 0.3 is 5.97 Å². The Morgan fingerprint density at radius 2 is 1.84 bits per heavy atom. The van der Waals surface area contributed by atoms with Crippen molar-refractivity contribution in [1.29, 1.82) is 0 Å². The Morgan fingerprint density at radius 3 is 2.48 bits per heavy atom. The van der Waals surface area contributed by atoms with Gasteiger partial charge in [0, 0.05) is 23.7 Å². The van der Waals surface area contributed by atoms with E-state index in [0.29, 0.717) is 11.3 Å². The zero-order chi connectivity index (χ0) is 18.2. The normalized spacial score (nSPS) is 14.6. The van der Waals surface area contributed by atoms with Gasteiger partial charge < -0.3 is 15.4 Å². The van der Waals surface area contributed by atoms with Crippen LogP contribution in [0.15, 0.2) is 18.2 Å². The van der Waals surface area contributed by atoms with Crippen molar-refractivity contribution >= 4 is 23.5 Å². The maximum absolute atomic E-state index is 12.4. The molecule has 25 heavy (non-hydrogen) atoms. The first kappa shape index (κ1) is 19.0. The zero-order valence-electron chi connectivity index (χ0n) is 14.9. The molecule has 0 radical (unpaired) electrons. The summed E-state index contributed by atoms with van der Waals surface area (Å²) in [7, 11) is 1.29. The van der Waals surface area contributed by atoms with Gasteiger partial charge in [0.2, 0.25) is 5.91 Å². The van der Waals surface area contributed by atoms with Gasteiger partial charge in [-0.1, -0.05) is 19.3 Å². The Balaban J connectivity index is 1.91. The topological polar surface area (TPSA) is 84.5 Å². The highest BCUT2D eigenvalue weighted by atomic mass is 16.5. The van der Waals surface area contributed by atoms with Crippen LogP contribution in [-0.4, -0.2) is 30.9 Å². The van der Waals surface area contributed by atoms with E-state index >= 15 is 0 Å². The molecule has 0 saturated heterocycles. The standard InChI is InChI=1S/C19H26N2O4/c1-13-12-14(19(24)20-15-6-4-3-5-7-15)8-9-16(13)21-17(22)10-11-18(23)25-2/h8-9,12,15H,3-7,10-11H2,1-2H3,(H,20,24)(H,21,22). The van der Waals surface area contributed by atoms with Crippen LogP contribution in [0.5, 0.6) is 0 Å². The van der Waals surface area contributed by atoms with E-state index < -0.39 is 5.97 Å². The Hall–Kier alpha value is -2.37. The highest BCUT2D eigenvalue weighted by Gasteiger charge is 2.17. The molecule has 0 bridgehead atoms. The number of amides is 2. The third kappa shape index (κ3) is 5.89. The maximum Gasteiger partial charge on any atom is 0.306 e. The Morgan fingerprint density at radius 1 is 1.12 bits per heavy atom. The molecule has 1 saturated carbocycles. The number of anilines is 1. The van der Waals surface area contributed by atoms with Gasteiger partial charge in [0.25, 0.3) is 5.91 Å². The van der Waals surface area contributed by atoms with Gasteiger partial charge in [-0.05, 0) is 43.5 Å². The molecule has 136 valence electrons. The molecule has 2 N–H and O–H groups in total. The molecule has 0 spiro atoms. The smallest absolute Gasteiger partial charge is 0.306 e. The molecule has 0 unspecified atom stereocenters. The second-order valence-electron chi connectivity index (χ2n) is 6.46. The fraction of sp³-hybridized carbons (Fsp3) is 0.526. The number of carbonyl (C=O) groups is 3. The van der Waals surface area contributed by atoms with Crippen molar-refractivity contribution in [2.45, 2.75) is 57.9 Å². The average molecular weight is 346 g/mol. The van der Waals surface area contributed by atoms with Crippen molar-refractivity contribution in [2.24, 2.45) is 0 Å².